The maximum absolute atomic E-state index is 12.9. The first-order valence-corrected chi connectivity index (χ1v) is 9.68. The quantitative estimate of drug-likeness (QED) is 0.781. The Morgan fingerprint density at radius 3 is 2.66 bits per heavy atom. The second-order valence-electron chi connectivity index (χ2n) is 6.68. The predicted octanol–water partition coefficient (Wildman–Crippen LogP) is 1.66. The average molecular weight is 406 g/mol. The van der Waals surface area contributed by atoms with Gasteiger partial charge in [0.2, 0.25) is 0 Å². The Hall–Kier alpha value is -3.39. The number of carbonyl (C=O) groups is 3. The number of nitrogens with one attached hydrogen (secondary N) is 1. The van der Waals surface area contributed by atoms with Gasteiger partial charge in [-0.2, -0.15) is 0 Å². The van der Waals surface area contributed by atoms with Crippen LogP contribution in [0.25, 0.3) is 5.57 Å². The Kier molecular flexibility index (Phi) is 4.71. The van der Waals surface area contributed by atoms with Gasteiger partial charge in [0.25, 0.3) is 11.8 Å². The first kappa shape index (κ1) is 18.9. The van der Waals surface area contributed by atoms with Gasteiger partial charge >= 0.3 is 0 Å². The zero-order valence-corrected chi connectivity index (χ0v) is 16.5. The topological polar surface area (TPSA) is 102 Å². The minimum atomic E-state index is -1.37. The molecule has 0 aliphatic carbocycles. The van der Waals surface area contributed by atoms with Gasteiger partial charge < -0.3 is 20.1 Å². The summed E-state index contributed by atoms with van der Waals surface area (Å²) in [6.07, 6.45) is 0. The molecule has 2 aromatic rings. The van der Waals surface area contributed by atoms with E-state index in [1.54, 1.807) is 24.3 Å². The normalized spacial score (nSPS) is 19.7. The van der Waals surface area contributed by atoms with Gasteiger partial charge in [-0.3, -0.25) is 9.59 Å². The van der Waals surface area contributed by atoms with Crippen LogP contribution in [0.2, 0.25) is 0 Å². The minimum Gasteiger partial charge on any atom is -0.548 e. The van der Waals surface area contributed by atoms with E-state index < -0.39 is 24.3 Å². The summed E-state index contributed by atoms with van der Waals surface area (Å²) in [6.45, 7) is 3.35. The molecular formula is C21H16N3O4S-. The zero-order chi connectivity index (χ0) is 20.7. The number of aliphatic imine (C=N–C) groups is 1. The maximum atomic E-state index is 12.9. The third-order valence-electron chi connectivity index (χ3n) is 4.86. The van der Waals surface area contributed by atoms with Crippen molar-refractivity contribution < 1.29 is 19.5 Å². The molecule has 0 atom stereocenters. The highest BCUT2D eigenvalue weighted by Crippen LogP contribution is 2.42. The van der Waals surface area contributed by atoms with Crippen molar-refractivity contribution in [2.75, 3.05) is 11.4 Å². The van der Waals surface area contributed by atoms with Crippen LogP contribution in [0.15, 0.2) is 52.4 Å². The summed E-state index contributed by atoms with van der Waals surface area (Å²) in [5, 5.41) is 14.2. The highest BCUT2D eigenvalue weighted by molar-refractivity contribution is 8.18. The summed E-state index contributed by atoms with van der Waals surface area (Å²) >= 11 is 1.07. The smallest absolute Gasteiger partial charge is 0.264 e. The number of fused-ring (bicyclic) bond motifs is 1. The van der Waals surface area contributed by atoms with Crippen LogP contribution in [0.5, 0.6) is 0 Å². The number of hydrogen-bond donors (Lipinski definition) is 1. The molecule has 29 heavy (non-hydrogen) atoms. The number of anilines is 1. The summed E-state index contributed by atoms with van der Waals surface area (Å²) in [5.74, 6) is -2.35. The van der Waals surface area contributed by atoms with Crippen LogP contribution in [0.3, 0.4) is 0 Å². The Labute approximate surface area is 171 Å². The summed E-state index contributed by atoms with van der Waals surface area (Å²) in [5.41, 5.74) is 3.95. The van der Waals surface area contributed by atoms with Crippen LogP contribution < -0.4 is 15.3 Å². The predicted molar refractivity (Wildman–Crippen MR) is 109 cm³/mol. The molecule has 0 spiro atoms. The van der Waals surface area contributed by atoms with Gasteiger partial charge in [-0.25, -0.2) is 4.99 Å². The molecule has 146 valence electrons. The van der Waals surface area contributed by atoms with Crippen LogP contribution >= 0.6 is 11.8 Å². The fourth-order valence-electron chi connectivity index (χ4n) is 3.29. The molecule has 0 radical (unpaired) electrons. The van der Waals surface area contributed by atoms with Crippen LogP contribution in [0.4, 0.5) is 11.4 Å². The van der Waals surface area contributed by atoms with Gasteiger partial charge in [-0.15, -0.1) is 0 Å². The number of carboxylic acid groups (broad SMARTS) is 1. The number of carboxylic acids is 1. The Balaban J connectivity index is 1.77. The molecule has 1 saturated heterocycles. The summed E-state index contributed by atoms with van der Waals surface area (Å²) < 4.78 is 0. The minimum absolute atomic E-state index is 0.176. The van der Waals surface area contributed by atoms with Crippen molar-refractivity contribution in [2.45, 2.75) is 13.8 Å². The molecule has 8 heteroatoms. The van der Waals surface area contributed by atoms with Crippen LogP contribution in [-0.4, -0.2) is 29.5 Å². The number of thioether (sulfide) groups is 1. The van der Waals surface area contributed by atoms with Crippen molar-refractivity contribution in [3.63, 3.8) is 0 Å². The van der Waals surface area contributed by atoms with Gasteiger partial charge in [0.1, 0.15) is 0 Å². The van der Waals surface area contributed by atoms with Gasteiger partial charge in [0, 0.05) is 5.56 Å². The number of amidine groups is 1. The molecule has 2 aliphatic heterocycles. The van der Waals surface area contributed by atoms with Crippen molar-refractivity contribution in [2.24, 2.45) is 4.99 Å². The Bertz CT molecular complexity index is 1140. The molecule has 0 unspecified atom stereocenters. The number of para-hydroxylation sites is 1. The zero-order valence-electron chi connectivity index (χ0n) is 15.7. The number of aryl methyl sites for hydroxylation is 1. The summed E-state index contributed by atoms with van der Waals surface area (Å²) in [4.78, 5) is 42.5. The number of rotatable bonds is 3. The molecular weight excluding hydrogens is 390 g/mol. The molecule has 2 aromatic carbocycles. The average Bonchev–Trinajstić information content (AvgIpc) is 3.16. The van der Waals surface area contributed by atoms with Gasteiger partial charge in [0.15, 0.2) is 5.17 Å². The van der Waals surface area contributed by atoms with Crippen LogP contribution in [0.1, 0.15) is 16.7 Å². The van der Waals surface area contributed by atoms with E-state index in [9.17, 15) is 19.5 Å². The highest BCUT2D eigenvalue weighted by Gasteiger charge is 2.39. The standard InChI is InChI=1S/C21H17N3O4S/c1-11-6-5-8-14(12(11)2)22-21-23-19(27)18(29-21)17-13-7-3-4-9-15(13)24(20(17)28)10-16(25)26/h3-9H,10H2,1-2H3,(H,25,26)(H,22,23,27)/p-1/b18-17+. The van der Waals surface area contributed by atoms with Crippen molar-refractivity contribution >= 4 is 51.7 Å². The molecule has 1 fully saturated rings. The van der Waals surface area contributed by atoms with Crippen molar-refractivity contribution in [3.05, 3.63) is 64.1 Å². The molecule has 2 amide bonds. The molecule has 2 aliphatic rings. The first-order valence-electron chi connectivity index (χ1n) is 8.86. The third-order valence-corrected chi connectivity index (χ3v) is 5.84. The second kappa shape index (κ2) is 7.21. The number of benzene rings is 2. The van der Waals surface area contributed by atoms with Crippen LogP contribution in [0, 0.1) is 13.8 Å². The van der Waals surface area contributed by atoms with E-state index in [1.165, 1.54) is 0 Å². The molecule has 4 rings (SSSR count). The van der Waals surface area contributed by atoms with Gasteiger partial charge in [-0.05, 0) is 48.9 Å². The van der Waals surface area contributed by atoms with Crippen molar-refractivity contribution in [1.29, 1.82) is 0 Å². The van der Waals surface area contributed by atoms with E-state index in [0.717, 1.165) is 33.5 Å². The Morgan fingerprint density at radius 2 is 1.90 bits per heavy atom. The number of hydrogen-bond acceptors (Lipinski definition) is 6. The van der Waals surface area contributed by atoms with E-state index in [1.807, 2.05) is 32.0 Å². The highest BCUT2D eigenvalue weighted by atomic mass is 32.2. The SMILES string of the molecule is Cc1cccc(N=C2NC(=O)/C(=C3\C(=O)N(CC(=O)[O-])c4ccccc43)S2)c1C. The lowest BCUT2D eigenvalue weighted by molar-refractivity contribution is -0.303. The van der Waals surface area contributed by atoms with E-state index in [-0.39, 0.29) is 10.5 Å². The van der Waals surface area contributed by atoms with E-state index in [2.05, 4.69) is 10.3 Å². The number of aliphatic carboxylic acids is 1. The summed E-state index contributed by atoms with van der Waals surface area (Å²) in [7, 11) is 0. The lowest BCUT2D eigenvalue weighted by atomic mass is 10.1. The van der Waals surface area contributed by atoms with E-state index >= 15 is 0 Å². The van der Waals surface area contributed by atoms with Crippen molar-refractivity contribution in [3.8, 4) is 0 Å². The van der Waals surface area contributed by atoms with E-state index in [4.69, 9.17) is 0 Å². The van der Waals surface area contributed by atoms with Crippen LogP contribution in [-0.2, 0) is 14.4 Å². The third kappa shape index (κ3) is 3.31. The number of amides is 2. The summed E-state index contributed by atoms with van der Waals surface area (Å²) in [6, 6.07) is 12.5. The van der Waals surface area contributed by atoms with Gasteiger partial charge in [-0.1, -0.05) is 30.3 Å². The van der Waals surface area contributed by atoms with Crippen molar-refractivity contribution in [1.82, 2.24) is 5.32 Å². The number of nitrogens with zero attached hydrogens (tertiary/aromatic N) is 2. The molecule has 0 aromatic heterocycles. The Morgan fingerprint density at radius 1 is 1.14 bits per heavy atom. The molecule has 0 saturated carbocycles. The molecule has 0 bridgehead atoms. The first-order chi connectivity index (χ1) is 13.9. The molecule has 1 N–H and O–H groups in total. The lowest BCUT2D eigenvalue weighted by Gasteiger charge is -2.17. The maximum Gasteiger partial charge on any atom is 0.264 e. The number of carbonyl (C=O) groups excluding carboxylic acids is 3. The fraction of sp³-hybridized carbons (Fsp3) is 0.143. The fourth-order valence-corrected chi connectivity index (χ4v) is 4.21. The monoisotopic (exact) mass is 406 g/mol. The molecule has 2 heterocycles. The van der Waals surface area contributed by atoms with E-state index in [0.29, 0.717) is 16.4 Å². The van der Waals surface area contributed by atoms with Gasteiger partial charge in [0.05, 0.1) is 34.4 Å². The largest absolute Gasteiger partial charge is 0.548 e. The lowest BCUT2D eigenvalue weighted by Crippen LogP contribution is -2.39. The molecule has 7 nitrogen and oxygen atoms in total. The second-order valence-corrected chi connectivity index (χ2v) is 7.68.